The van der Waals surface area contributed by atoms with Crippen molar-refractivity contribution in [2.24, 2.45) is 5.41 Å². The summed E-state index contributed by atoms with van der Waals surface area (Å²) in [6, 6.07) is 18.3. The minimum atomic E-state index is -0.803. The Balaban J connectivity index is 1.97. The number of benzene rings is 3. The lowest BCUT2D eigenvalue weighted by Crippen LogP contribution is -2.24. The second kappa shape index (κ2) is 13.6. The van der Waals surface area contributed by atoms with Crippen molar-refractivity contribution in [2.75, 3.05) is 14.2 Å². The molecule has 0 aliphatic rings. The number of aliphatic carboxylic acids is 1. The first-order chi connectivity index (χ1) is 18.6. The van der Waals surface area contributed by atoms with Gasteiger partial charge in [-0.3, -0.25) is 4.79 Å². The van der Waals surface area contributed by atoms with Gasteiger partial charge in [0.1, 0.15) is 23.9 Å². The van der Waals surface area contributed by atoms with Gasteiger partial charge in [0.25, 0.3) is 0 Å². The van der Waals surface area contributed by atoms with E-state index in [1.54, 1.807) is 26.4 Å². The molecule has 0 aliphatic heterocycles. The highest BCUT2D eigenvalue weighted by molar-refractivity contribution is 5.71. The maximum atomic E-state index is 15.1. The van der Waals surface area contributed by atoms with Gasteiger partial charge in [0.15, 0.2) is 0 Å². The van der Waals surface area contributed by atoms with E-state index in [-0.39, 0.29) is 29.7 Å². The third kappa shape index (κ3) is 7.60. The summed E-state index contributed by atoms with van der Waals surface area (Å²) in [5.41, 5.74) is 3.78. The predicted molar refractivity (Wildman–Crippen MR) is 153 cm³/mol. The third-order valence-corrected chi connectivity index (χ3v) is 7.51. The van der Waals surface area contributed by atoms with Gasteiger partial charge in [-0.1, -0.05) is 58.4 Å². The summed E-state index contributed by atoms with van der Waals surface area (Å²) in [5.74, 6) is 0.0734. The summed E-state index contributed by atoms with van der Waals surface area (Å²) in [5, 5.41) is 9.34. The molecule has 0 fully saturated rings. The Hall–Kier alpha value is -3.38. The van der Waals surface area contributed by atoms with Crippen LogP contribution < -0.4 is 9.47 Å². The molecule has 0 spiro atoms. The second-order valence-corrected chi connectivity index (χ2v) is 10.7. The van der Waals surface area contributed by atoms with Crippen molar-refractivity contribution in [3.05, 3.63) is 83.2 Å². The van der Waals surface area contributed by atoms with Crippen LogP contribution in [-0.2, 0) is 16.1 Å². The first-order valence-corrected chi connectivity index (χ1v) is 13.6. The number of carboxylic acids is 1. The van der Waals surface area contributed by atoms with Gasteiger partial charge in [0, 0.05) is 12.7 Å². The van der Waals surface area contributed by atoms with Crippen molar-refractivity contribution in [1.29, 1.82) is 0 Å². The van der Waals surface area contributed by atoms with E-state index in [1.165, 1.54) is 6.07 Å². The molecule has 6 heteroatoms. The molecular formula is C33H41FO5. The van der Waals surface area contributed by atoms with Crippen LogP contribution in [-0.4, -0.2) is 25.3 Å². The zero-order valence-electron chi connectivity index (χ0n) is 23.9. The lowest BCUT2D eigenvalue weighted by Gasteiger charge is -2.34. The standard InChI is InChI=1S/C33H41FO5/c1-7-10-23(19-31(35)36)24-11-9-12-26(18-24)39-21-22-13-15-27(28-20-25(37-5)14-16-30(28)34)29(17-22)32(38-6)33(3,4)8-2/h9,11-18,20,23,32H,7-8,10,19,21H2,1-6H3,(H,35,36)/t23-,32+/m0/s1. The Morgan fingerprint density at radius 3 is 2.38 bits per heavy atom. The van der Waals surface area contributed by atoms with Crippen LogP contribution in [0.3, 0.4) is 0 Å². The van der Waals surface area contributed by atoms with Crippen molar-refractivity contribution < 1.29 is 28.5 Å². The molecule has 3 aromatic carbocycles. The highest BCUT2D eigenvalue weighted by Crippen LogP contribution is 2.44. The Bertz CT molecular complexity index is 1250. The summed E-state index contributed by atoms with van der Waals surface area (Å²) in [6.07, 6.45) is 2.38. The van der Waals surface area contributed by atoms with Crippen molar-refractivity contribution in [1.82, 2.24) is 0 Å². The number of hydrogen-bond acceptors (Lipinski definition) is 4. The van der Waals surface area contributed by atoms with E-state index in [9.17, 15) is 9.90 Å². The van der Waals surface area contributed by atoms with Gasteiger partial charge in [0.05, 0.1) is 19.6 Å². The summed E-state index contributed by atoms with van der Waals surface area (Å²) in [4.78, 5) is 11.4. The Kier molecular flexibility index (Phi) is 10.5. The van der Waals surface area contributed by atoms with E-state index in [4.69, 9.17) is 14.2 Å². The molecule has 0 bridgehead atoms. The molecule has 0 amide bonds. The molecule has 0 aromatic heterocycles. The quantitative estimate of drug-likeness (QED) is 0.224. The molecule has 39 heavy (non-hydrogen) atoms. The molecule has 0 aliphatic carbocycles. The molecule has 0 unspecified atom stereocenters. The first kappa shape index (κ1) is 30.2. The fourth-order valence-electron chi connectivity index (χ4n) is 5.03. The van der Waals surface area contributed by atoms with Gasteiger partial charge in [-0.25, -0.2) is 4.39 Å². The van der Waals surface area contributed by atoms with Crippen molar-refractivity contribution in [3.63, 3.8) is 0 Å². The van der Waals surface area contributed by atoms with E-state index in [1.807, 2.05) is 42.5 Å². The monoisotopic (exact) mass is 536 g/mol. The normalized spacial score (nSPS) is 13.1. The van der Waals surface area contributed by atoms with Crippen LogP contribution in [0.4, 0.5) is 4.39 Å². The molecule has 210 valence electrons. The highest BCUT2D eigenvalue weighted by atomic mass is 19.1. The summed E-state index contributed by atoms with van der Waals surface area (Å²) >= 11 is 0. The molecule has 3 rings (SSSR count). The lowest BCUT2D eigenvalue weighted by molar-refractivity contribution is -0.137. The number of ether oxygens (including phenoxy) is 3. The number of hydrogen-bond donors (Lipinski definition) is 1. The lowest BCUT2D eigenvalue weighted by atomic mass is 9.77. The van der Waals surface area contributed by atoms with Gasteiger partial charge >= 0.3 is 5.97 Å². The van der Waals surface area contributed by atoms with Crippen molar-refractivity contribution in [3.8, 4) is 22.6 Å². The molecule has 5 nitrogen and oxygen atoms in total. The third-order valence-electron chi connectivity index (χ3n) is 7.51. The largest absolute Gasteiger partial charge is 0.497 e. The van der Waals surface area contributed by atoms with Gasteiger partial charge in [0.2, 0.25) is 0 Å². The predicted octanol–water partition coefficient (Wildman–Crippen LogP) is 8.56. The highest BCUT2D eigenvalue weighted by Gasteiger charge is 2.32. The van der Waals surface area contributed by atoms with Crippen LogP contribution >= 0.6 is 0 Å². The smallest absolute Gasteiger partial charge is 0.303 e. The van der Waals surface area contributed by atoms with Crippen LogP contribution in [0.1, 0.15) is 82.1 Å². The fourth-order valence-corrected chi connectivity index (χ4v) is 5.03. The average molecular weight is 537 g/mol. The van der Waals surface area contributed by atoms with E-state index < -0.39 is 5.97 Å². The molecule has 0 radical (unpaired) electrons. The molecule has 1 N–H and O–H groups in total. The van der Waals surface area contributed by atoms with E-state index in [0.29, 0.717) is 23.7 Å². The number of carboxylic acid groups (broad SMARTS) is 1. The minimum absolute atomic E-state index is 0.0570. The Labute approximate surface area is 231 Å². The Morgan fingerprint density at radius 1 is 0.974 bits per heavy atom. The minimum Gasteiger partial charge on any atom is -0.497 e. The van der Waals surface area contributed by atoms with E-state index in [2.05, 4.69) is 27.7 Å². The second-order valence-electron chi connectivity index (χ2n) is 10.7. The van der Waals surface area contributed by atoms with E-state index >= 15 is 4.39 Å². The van der Waals surface area contributed by atoms with Crippen molar-refractivity contribution in [2.45, 2.75) is 72.0 Å². The maximum absolute atomic E-state index is 15.1. The summed E-state index contributed by atoms with van der Waals surface area (Å²) < 4.78 is 32.6. The summed E-state index contributed by atoms with van der Waals surface area (Å²) in [7, 11) is 3.25. The number of halogens is 1. The van der Waals surface area contributed by atoms with Crippen LogP contribution in [0.25, 0.3) is 11.1 Å². The number of rotatable bonds is 14. The van der Waals surface area contributed by atoms with Gasteiger partial charge in [-0.15, -0.1) is 0 Å². The maximum Gasteiger partial charge on any atom is 0.303 e. The molecule has 3 aromatic rings. The van der Waals surface area contributed by atoms with E-state index in [0.717, 1.165) is 41.5 Å². The zero-order chi connectivity index (χ0) is 28.6. The van der Waals surface area contributed by atoms with Crippen LogP contribution in [0, 0.1) is 11.2 Å². The van der Waals surface area contributed by atoms with Crippen LogP contribution in [0.2, 0.25) is 0 Å². The van der Waals surface area contributed by atoms with Gasteiger partial charge in [-0.05, 0) is 82.8 Å². The van der Waals surface area contributed by atoms with Gasteiger partial charge in [-0.2, -0.15) is 0 Å². The molecule has 0 saturated carbocycles. The number of carbonyl (C=O) groups is 1. The van der Waals surface area contributed by atoms with Gasteiger partial charge < -0.3 is 19.3 Å². The molecule has 0 heterocycles. The topological polar surface area (TPSA) is 65.0 Å². The summed E-state index contributed by atoms with van der Waals surface area (Å²) in [6.45, 7) is 8.77. The van der Waals surface area contributed by atoms with Crippen molar-refractivity contribution >= 4 is 5.97 Å². The number of methoxy groups -OCH3 is 2. The zero-order valence-corrected chi connectivity index (χ0v) is 23.9. The molecule has 2 atom stereocenters. The molecule has 0 saturated heterocycles. The first-order valence-electron chi connectivity index (χ1n) is 13.6. The van der Waals surface area contributed by atoms with Crippen LogP contribution in [0.5, 0.6) is 11.5 Å². The average Bonchev–Trinajstić information content (AvgIpc) is 2.92. The Morgan fingerprint density at radius 2 is 1.74 bits per heavy atom. The van der Waals surface area contributed by atoms with Crippen LogP contribution in [0.15, 0.2) is 60.7 Å². The molecular weight excluding hydrogens is 495 g/mol. The SMILES string of the molecule is CCC[C@@H](CC(=O)O)c1cccc(OCc2ccc(-c3cc(OC)ccc3F)c([C@@H](OC)C(C)(C)CC)c2)c1. The fraction of sp³-hybridized carbons (Fsp3) is 0.424.